The van der Waals surface area contributed by atoms with Crippen molar-refractivity contribution < 1.29 is 14.0 Å². The molecule has 1 aliphatic rings. The second kappa shape index (κ2) is 4.53. The number of anilines is 1. The lowest BCUT2D eigenvalue weighted by Crippen LogP contribution is -2.37. The van der Waals surface area contributed by atoms with E-state index >= 15 is 0 Å². The van der Waals surface area contributed by atoms with Crippen molar-refractivity contribution in [2.75, 3.05) is 5.32 Å². The van der Waals surface area contributed by atoms with Gasteiger partial charge < -0.3 is 10.6 Å². The Morgan fingerprint density at radius 2 is 2.29 bits per heavy atom. The van der Waals surface area contributed by atoms with E-state index in [0.29, 0.717) is 24.1 Å². The lowest BCUT2D eigenvalue weighted by molar-refractivity contribution is -0.122. The fourth-order valence-electron chi connectivity index (χ4n) is 1.77. The molecule has 0 spiro atoms. The molecule has 1 aromatic carbocycles. The smallest absolute Gasteiger partial charge is 0.246 e. The van der Waals surface area contributed by atoms with Crippen molar-refractivity contribution in [3.63, 3.8) is 0 Å². The lowest BCUT2D eigenvalue weighted by atomic mass is 10.1. The van der Waals surface area contributed by atoms with Gasteiger partial charge in [0, 0.05) is 17.7 Å². The third kappa shape index (κ3) is 2.43. The highest BCUT2D eigenvalue weighted by Gasteiger charge is 2.27. The van der Waals surface area contributed by atoms with Crippen LogP contribution in [0.4, 0.5) is 10.1 Å². The first-order chi connectivity index (χ1) is 8.08. The van der Waals surface area contributed by atoms with E-state index in [1.165, 1.54) is 12.1 Å². The first-order valence-corrected chi connectivity index (χ1v) is 5.43. The number of halogens is 1. The molecular weight excluding hydrogens is 223 g/mol. The Bertz CT molecular complexity index is 474. The van der Waals surface area contributed by atoms with Crippen LogP contribution in [0.2, 0.25) is 0 Å². The fourth-order valence-corrected chi connectivity index (χ4v) is 1.77. The number of benzene rings is 1. The number of carbonyl (C=O) groups is 2. The summed E-state index contributed by atoms with van der Waals surface area (Å²) in [5.41, 5.74) is 0.835. The van der Waals surface area contributed by atoms with Crippen LogP contribution in [0, 0.1) is 12.7 Å². The highest BCUT2D eigenvalue weighted by atomic mass is 19.1. The van der Waals surface area contributed by atoms with Crippen molar-refractivity contribution in [1.29, 1.82) is 0 Å². The zero-order valence-electron chi connectivity index (χ0n) is 9.42. The largest absolute Gasteiger partial charge is 0.344 e. The van der Waals surface area contributed by atoms with Gasteiger partial charge in [-0.15, -0.1) is 0 Å². The molecule has 0 saturated carbocycles. The summed E-state index contributed by atoms with van der Waals surface area (Å²) >= 11 is 0. The molecule has 0 aliphatic carbocycles. The van der Waals surface area contributed by atoms with E-state index in [9.17, 15) is 14.0 Å². The Hall–Kier alpha value is -1.91. The molecule has 0 bridgehead atoms. The summed E-state index contributed by atoms with van der Waals surface area (Å²) in [4.78, 5) is 22.8. The molecule has 90 valence electrons. The van der Waals surface area contributed by atoms with Gasteiger partial charge in [0.25, 0.3) is 0 Å². The van der Waals surface area contributed by atoms with Crippen molar-refractivity contribution in [3.05, 3.63) is 29.6 Å². The summed E-state index contributed by atoms with van der Waals surface area (Å²) in [6.07, 6.45) is 0.846. The maximum Gasteiger partial charge on any atom is 0.246 e. The average molecular weight is 236 g/mol. The topological polar surface area (TPSA) is 58.2 Å². The maximum atomic E-state index is 13.2. The number of hydrogen-bond donors (Lipinski definition) is 2. The van der Waals surface area contributed by atoms with E-state index in [0.717, 1.165) is 0 Å². The molecule has 1 atom stereocenters. The molecule has 1 aliphatic heterocycles. The van der Waals surface area contributed by atoms with E-state index in [4.69, 9.17) is 0 Å². The molecule has 0 aromatic heterocycles. The van der Waals surface area contributed by atoms with Crippen LogP contribution in [0.5, 0.6) is 0 Å². The monoisotopic (exact) mass is 236 g/mol. The summed E-state index contributed by atoms with van der Waals surface area (Å²) in [6.45, 7) is 1.60. The Morgan fingerprint density at radius 1 is 1.53 bits per heavy atom. The molecule has 2 N–H and O–H groups in total. The molecule has 4 nitrogen and oxygen atoms in total. The molecule has 2 rings (SSSR count). The third-order valence-corrected chi connectivity index (χ3v) is 2.84. The Labute approximate surface area is 98.2 Å². The zero-order chi connectivity index (χ0) is 12.4. The quantitative estimate of drug-likeness (QED) is 0.814. The summed E-state index contributed by atoms with van der Waals surface area (Å²) in [6, 6.07) is 3.99. The maximum absolute atomic E-state index is 13.2. The molecule has 0 radical (unpaired) electrons. The van der Waals surface area contributed by atoms with Crippen LogP contribution in [-0.2, 0) is 9.59 Å². The van der Waals surface area contributed by atoms with Crippen molar-refractivity contribution in [1.82, 2.24) is 5.32 Å². The summed E-state index contributed by atoms with van der Waals surface area (Å²) in [5.74, 6) is -0.788. The Morgan fingerprint density at radius 3 is 2.94 bits per heavy atom. The van der Waals surface area contributed by atoms with Crippen molar-refractivity contribution in [2.45, 2.75) is 25.8 Å². The molecule has 1 aromatic rings. The number of hydrogen-bond acceptors (Lipinski definition) is 2. The molecule has 5 heteroatoms. The molecule has 17 heavy (non-hydrogen) atoms. The van der Waals surface area contributed by atoms with E-state index < -0.39 is 6.04 Å². The number of rotatable bonds is 2. The minimum absolute atomic E-state index is 0.124. The van der Waals surface area contributed by atoms with Gasteiger partial charge in [-0.1, -0.05) is 6.07 Å². The van der Waals surface area contributed by atoms with Gasteiger partial charge >= 0.3 is 0 Å². The van der Waals surface area contributed by atoms with E-state index in [1.807, 2.05) is 0 Å². The van der Waals surface area contributed by atoms with Gasteiger partial charge in [0.1, 0.15) is 11.9 Å². The zero-order valence-corrected chi connectivity index (χ0v) is 9.42. The van der Waals surface area contributed by atoms with Gasteiger partial charge in [-0.25, -0.2) is 4.39 Å². The number of nitrogens with one attached hydrogen (secondary N) is 2. The minimum atomic E-state index is -0.509. The molecule has 2 amide bonds. The first-order valence-electron chi connectivity index (χ1n) is 5.43. The Kier molecular flexibility index (Phi) is 3.08. The molecular formula is C12H13FN2O2. The van der Waals surface area contributed by atoms with Crippen LogP contribution in [0.3, 0.4) is 0 Å². The first kappa shape index (κ1) is 11.6. The van der Waals surface area contributed by atoms with Gasteiger partial charge in [-0.3, -0.25) is 9.59 Å². The molecule has 1 fully saturated rings. The number of carbonyl (C=O) groups excluding carboxylic acids is 2. The molecule has 1 saturated heterocycles. The Balaban J connectivity index is 2.08. The predicted octanol–water partition coefficient (Wildman–Crippen LogP) is 1.35. The van der Waals surface area contributed by atoms with Crippen molar-refractivity contribution in [3.8, 4) is 0 Å². The van der Waals surface area contributed by atoms with Crippen LogP contribution in [0.15, 0.2) is 18.2 Å². The van der Waals surface area contributed by atoms with Gasteiger partial charge in [0.15, 0.2) is 0 Å². The van der Waals surface area contributed by atoms with Gasteiger partial charge in [-0.05, 0) is 25.5 Å². The summed E-state index contributed by atoms with van der Waals surface area (Å²) < 4.78 is 13.2. The van der Waals surface area contributed by atoms with E-state index in [-0.39, 0.29) is 17.6 Å². The van der Waals surface area contributed by atoms with Crippen LogP contribution in [0.25, 0.3) is 0 Å². The van der Waals surface area contributed by atoms with Crippen LogP contribution >= 0.6 is 0 Å². The highest BCUT2D eigenvalue weighted by molar-refractivity contribution is 5.99. The molecule has 1 heterocycles. The molecule has 1 unspecified atom stereocenters. The standard InChI is InChI=1S/C12H13FN2O2/c1-7-8(13)3-2-4-9(7)15-12(17)10-5-6-11(16)14-10/h2-4,10H,5-6H2,1H3,(H,14,16)(H,15,17). The minimum Gasteiger partial charge on any atom is -0.344 e. The van der Waals surface area contributed by atoms with Gasteiger partial charge in [0.05, 0.1) is 0 Å². The summed E-state index contributed by atoms with van der Waals surface area (Å²) in [5, 5.41) is 5.18. The van der Waals surface area contributed by atoms with Crippen LogP contribution < -0.4 is 10.6 Å². The predicted molar refractivity (Wildman–Crippen MR) is 60.9 cm³/mol. The SMILES string of the molecule is Cc1c(F)cccc1NC(=O)C1CCC(=O)N1. The highest BCUT2D eigenvalue weighted by Crippen LogP contribution is 2.18. The fraction of sp³-hybridized carbons (Fsp3) is 0.333. The van der Waals surface area contributed by atoms with Crippen molar-refractivity contribution in [2.24, 2.45) is 0 Å². The third-order valence-electron chi connectivity index (χ3n) is 2.84. The number of amides is 2. The van der Waals surface area contributed by atoms with E-state index in [1.54, 1.807) is 13.0 Å². The van der Waals surface area contributed by atoms with Crippen LogP contribution in [0.1, 0.15) is 18.4 Å². The summed E-state index contributed by atoms with van der Waals surface area (Å²) in [7, 11) is 0. The second-order valence-electron chi connectivity index (χ2n) is 4.06. The lowest BCUT2D eigenvalue weighted by Gasteiger charge is -2.12. The average Bonchev–Trinajstić information content (AvgIpc) is 2.72. The van der Waals surface area contributed by atoms with Gasteiger partial charge in [0.2, 0.25) is 11.8 Å². The van der Waals surface area contributed by atoms with Crippen LogP contribution in [-0.4, -0.2) is 17.9 Å². The van der Waals surface area contributed by atoms with Gasteiger partial charge in [-0.2, -0.15) is 0 Å². The second-order valence-corrected chi connectivity index (χ2v) is 4.06. The normalized spacial score (nSPS) is 18.9. The van der Waals surface area contributed by atoms with Crippen molar-refractivity contribution >= 4 is 17.5 Å². The van der Waals surface area contributed by atoms with E-state index in [2.05, 4.69) is 10.6 Å².